The Hall–Kier alpha value is -1.23. The SMILES string of the molecule is O=CC1CCCCN1Cc1csc(-c2ccccc2Cl)n1. The molecule has 1 saturated heterocycles. The van der Waals surface area contributed by atoms with E-state index in [-0.39, 0.29) is 6.04 Å². The van der Waals surface area contributed by atoms with Gasteiger partial charge in [-0.3, -0.25) is 4.90 Å². The Kier molecular flexibility index (Phi) is 4.68. The second-order valence-corrected chi connectivity index (χ2v) is 6.56. The molecule has 1 unspecified atom stereocenters. The fourth-order valence-electron chi connectivity index (χ4n) is 2.71. The van der Waals surface area contributed by atoms with E-state index in [0.717, 1.165) is 59.9 Å². The van der Waals surface area contributed by atoms with E-state index >= 15 is 0 Å². The molecule has 1 aromatic carbocycles. The van der Waals surface area contributed by atoms with Gasteiger partial charge in [-0.15, -0.1) is 11.3 Å². The van der Waals surface area contributed by atoms with Crippen molar-refractivity contribution >= 4 is 29.2 Å². The average Bonchev–Trinajstić information content (AvgIpc) is 2.96. The standard InChI is InChI=1S/C16H17ClN2OS/c17-15-7-2-1-6-14(15)16-18-12(11-21-16)9-19-8-4-3-5-13(19)10-20/h1-2,6-7,10-11,13H,3-5,8-9H2. The Morgan fingerprint density at radius 1 is 1.38 bits per heavy atom. The highest BCUT2D eigenvalue weighted by molar-refractivity contribution is 7.13. The van der Waals surface area contributed by atoms with Crippen LogP contribution in [0.1, 0.15) is 25.0 Å². The van der Waals surface area contributed by atoms with Gasteiger partial charge in [-0.2, -0.15) is 0 Å². The molecule has 3 nitrogen and oxygen atoms in total. The number of aldehydes is 1. The number of rotatable bonds is 4. The fraction of sp³-hybridized carbons (Fsp3) is 0.375. The lowest BCUT2D eigenvalue weighted by Crippen LogP contribution is -2.39. The molecule has 0 N–H and O–H groups in total. The topological polar surface area (TPSA) is 33.2 Å². The predicted octanol–water partition coefficient (Wildman–Crippen LogP) is 4.02. The van der Waals surface area contributed by atoms with E-state index in [4.69, 9.17) is 11.6 Å². The lowest BCUT2D eigenvalue weighted by molar-refractivity contribution is -0.113. The van der Waals surface area contributed by atoms with E-state index in [9.17, 15) is 4.79 Å². The third-order valence-corrected chi connectivity index (χ3v) is 5.10. The summed E-state index contributed by atoms with van der Waals surface area (Å²) in [6.45, 7) is 1.71. The highest BCUT2D eigenvalue weighted by atomic mass is 35.5. The van der Waals surface area contributed by atoms with Gasteiger partial charge in [0.15, 0.2) is 0 Å². The van der Waals surface area contributed by atoms with Gasteiger partial charge in [0.25, 0.3) is 0 Å². The first-order valence-corrected chi connectivity index (χ1v) is 8.42. The minimum Gasteiger partial charge on any atom is -0.302 e. The molecule has 1 aliphatic rings. The summed E-state index contributed by atoms with van der Waals surface area (Å²) >= 11 is 7.82. The molecule has 0 saturated carbocycles. The molecular weight excluding hydrogens is 304 g/mol. The van der Waals surface area contributed by atoms with Gasteiger partial charge in [0.1, 0.15) is 11.3 Å². The monoisotopic (exact) mass is 320 g/mol. The van der Waals surface area contributed by atoms with Crippen molar-refractivity contribution in [3.05, 3.63) is 40.4 Å². The normalized spacial score (nSPS) is 19.6. The van der Waals surface area contributed by atoms with E-state index in [1.165, 1.54) is 0 Å². The van der Waals surface area contributed by atoms with Gasteiger partial charge in [0.2, 0.25) is 0 Å². The van der Waals surface area contributed by atoms with E-state index < -0.39 is 0 Å². The quantitative estimate of drug-likeness (QED) is 0.798. The number of thiazole rings is 1. The maximum Gasteiger partial charge on any atom is 0.137 e. The molecule has 110 valence electrons. The second kappa shape index (κ2) is 6.69. The van der Waals surface area contributed by atoms with Gasteiger partial charge in [0, 0.05) is 17.5 Å². The minimum absolute atomic E-state index is 0.0456. The molecule has 0 bridgehead atoms. The van der Waals surface area contributed by atoms with Crippen LogP contribution in [0.2, 0.25) is 5.02 Å². The van der Waals surface area contributed by atoms with Gasteiger partial charge in [-0.1, -0.05) is 36.2 Å². The van der Waals surface area contributed by atoms with Crippen LogP contribution in [0.5, 0.6) is 0 Å². The fourth-order valence-corrected chi connectivity index (χ4v) is 3.84. The molecule has 2 heterocycles. The number of hydrogen-bond acceptors (Lipinski definition) is 4. The van der Waals surface area contributed by atoms with Gasteiger partial charge in [-0.25, -0.2) is 4.98 Å². The van der Waals surface area contributed by atoms with Gasteiger partial charge < -0.3 is 4.79 Å². The number of carbonyl (C=O) groups excluding carboxylic acids is 1. The van der Waals surface area contributed by atoms with Crippen molar-refractivity contribution in [3.8, 4) is 10.6 Å². The molecule has 0 amide bonds. The van der Waals surface area contributed by atoms with Crippen LogP contribution in [0.15, 0.2) is 29.6 Å². The summed E-state index contributed by atoms with van der Waals surface area (Å²) < 4.78 is 0. The number of aromatic nitrogens is 1. The molecule has 0 radical (unpaired) electrons. The smallest absolute Gasteiger partial charge is 0.137 e. The van der Waals surface area contributed by atoms with Crippen molar-refractivity contribution in [2.24, 2.45) is 0 Å². The zero-order chi connectivity index (χ0) is 14.7. The lowest BCUT2D eigenvalue weighted by atomic mass is 10.0. The third-order valence-electron chi connectivity index (χ3n) is 3.84. The highest BCUT2D eigenvalue weighted by Gasteiger charge is 2.22. The molecule has 1 aromatic heterocycles. The summed E-state index contributed by atoms with van der Waals surface area (Å²) in [4.78, 5) is 18.1. The van der Waals surface area contributed by atoms with Crippen LogP contribution in [0.3, 0.4) is 0 Å². The van der Waals surface area contributed by atoms with Crippen LogP contribution in [-0.4, -0.2) is 28.8 Å². The number of hydrogen-bond donors (Lipinski definition) is 0. The summed E-state index contributed by atoms with van der Waals surface area (Å²) in [7, 11) is 0. The Balaban J connectivity index is 1.76. The van der Waals surface area contributed by atoms with Crippen molar-refractivity contribution < 1.29 is 4.79 Å². The molecule has 0 aliphatic carbocycles. The zero-order valence-corrected chi connectivity index (χ0v) is 13.2. The predicted molar refractivity (Wildman–Crippen MR) is 86.7 cm³/mol. The van der Waals surface area contributed by atoms with Gasteiger partial charge in [-0.05, 0) is 25.5 Å². The summed E-state index contributed by atoms with van der Waals surface area (Å²) in [5, 5.41) is 3.73. The summed E-state index contributed by atoms with van der Waals surface area (Å²) in [5.41, 5.74) is 1.99. The maximum absolute atomic E-state index is 11.2. The van der Waals surface area contributed by atoms with Crippen LogP contribution >= 0.6 is 22.9 Å². The molecule has 3 rings (SSSR count). The molecule has 5 heteroatoms. The van der Waals surface area contributed by atoms with E-state index in [1.807, 2.05) is 24.3 Å². The van der Waals surface area contributed by atoms with Crippen molar-refractivity contribution in [3.63, 3.8) is 0 Å². The van der Waals surface area contributed by atoms with Crippen molar-refractivity contribution in [2.75, 3.05) is 6.54 Å². The molecule has 1 atom stereocenters. The molecule has 1 aliphatic heterocycles. The van der Waals surface area contributed by atoms with Crippen molar-refractivity contribution in [2.45, 2.75) is 31.8 Å². The zero-order valence-electron chi connectivity index (χ0n) is 11.7. The Labute approximate surface area is 133 Å². The van der Waals surface area contributed by atoms with Crippen LogP contribution < -0.4 is 0 Å². The van der Waals surface area contributed by atoms with Crippen molar-refractivity contribution in [1.82, 2.24) is 9.88 Å². The number of likely N-dealkylation sites (tertiary alicyclic amines) is 1. The van der Waals surface area contributed by atoms with E-state index in [1.54, 1.807) is 11.3 Å². The number of piperidine rings is 1. The second-order valence-electron chi connectivity index (χ2n) is 5.29. The summed E-state index contributed by atoms with van der Waals surface area (Å²) in [5.74, 6) is 0. The molecule has 21 heavy (non-hydrogen) atoms. The van der Waals surface area contributed by atoms with Crippen molar-refractivity contribution in [1.29, 1.82) is 0 Å². The number of carbonyl (C=O) groups is 1. The first kappa shape index (κ1) is 14.7. The highest BCUT2D eigenvalue weighted by Crippen LogP contribution is 2.30. The Morgan fingerprint density at radius 3 is 3.05 bits per heavy atom. The number of halogens is 1. The van der Waals surface area contributed by atoms with Crippen LogP contribution in [0.4, 0.5) is 0 Å². The number of benzene rings is 1. The third kappa shape index (κ3) is 3.34. The van der Waals surface area contributed by atoms with E-state index in [0.29, 0.717) is 0 Å². The first-order valence-electron chi connectivity index (χ1n) is 7.16. The van der Waals surface area contributed by atoms with Crippen LogP contribution in [0.25, 0.3) is 10.6 Å². The molecule has 2 aromatic rings. The molecule has 0 spiro atoms. The van der Waals surface area contributed by atoms with E-state index in [2.05, 4.69) is 15.3 Å². The largest absolute Gasteiger partial charge is 0.302 e. The maximum atomic E-state index is 11.2. The lowest BCUT2D eigenvalue weighted by Gasteiger charge is -2.31. The summed E-state index contributed by atoms with van der Waals surface area (Å²) in [6, 6.07) is 7.80. The summed E-state index contributed by atoms with van der Waals surface area (Å²) in [6.07, 6.45) is 4.33. The molecule has 1 fully saturated rings. The average molecular weight is 321 g/mol. The van der Waals surface area contributed by atoms with Crippen LogP contribution in [-0.2, 0) is 11.3 Å². The van der Waals surface area contributed by atoms with Crippen LogP contribution in [0, 0.1) is 0 Å². The van der Waals surface area contributed by atoms with Gasteiger partial charge >= 0.3 is 0 Å². The Morgan fingerprint density at radius 2 is 2.24 bits per heavy atom. The number of nitrogens with zero attached hydrogens (tertiary/aromatic N) is 2. The van der Waals surface area contributed by atoms with Gasteiger partial charge in [0.05, 0.1) is 16.8 Å². The Bertz CT molecular complexity index is 628. The minimum atomic E-state index is 0.0456. The molecular formula is C16H17ClN2OS. The first-order chi connectivity index (χ1) is 10.3.